The molecule has 2 fully saturated rings. The summed E-state index contributed by atoms with van der Waals surface area (Å²) in [6, 6.07) is 0.234. The number of rotatable bonds is 5. The lowest BCUT2D eigenvalue weighted by Crippen LogP contribution is -2.42. The van der Waals surface area contributed by atoms with Crippen molar-refractivity contribution in [3.8, 4) is 0 Å². The van der Waals surface area contributed by atoms with Gasteiger partial charge in [0.05, 0.1) is 25.2 Å². The zero-order valence-electron chi connectivity index (χ0n) is 11.1. The highest BCUT2D eigenvalue weighted by atomic mass is 16.5. The molecule has 5 nitrogen and oxygen atoms in total. The van der Waals surface area contributed by atoms with E-state index >= 15 is 0 Å². The molecular formula is C13H21NO4. The van der Waals surface area contributed by atoms with E-state index in [1.54, 1.807) is 11.8 Å². The number of hydrogen-bond acceptors (Lipinski definition) is 4. The van der Waals surface area contributed by atoms with Crippen molar-refractivity contribution >= 4 is 11.9 Å². The van der Waals surface area contributed by atoms with Crippen molar-refractivity contribution < 1.29 is 19.1 Å². The Morgan fingerprint density at radius 3 is 2.61 bits per heavy atom. The summed E-state index contributed by atoms with van der Waals surface area (Å²) in [7, 11) is 0. The molecule has 0 bridgehead atoms. The quantitative estimate of drug-likeness (QED) is 0.687. The van der Waals surface area contributed by atoms with Gasteiger partial charge in [0, 0.05) is 6.04 Å². The molecule has 1 aliphatic carbocycles. The van der Waals surface area contributed by atoms with Gasteiger partial charge in [-0.3, -0.25) is 9.59 Å². The Kier molecular flexibility index (Phi) is 4.22. The van der Waals surface area contributed by atoms with E-state index in [0.717, 1.165) is 19.3 Å². The molecule has 1 saturated heterocycles. The molecule has 5 heteroatoms. The SMILES string of the molecule is CCOC(=O)CN(C(=O)C1COC(C)C1)C1CC1. The molecule has 1 saturated carbocycles. The molecule has 102 valence electrons. The van der Waals surface area contributed by atoms with Crippen LogP contribution in [0, 0.1) is 5.92 Å². The first-order chi connectivity index (χ1) is 8.61. The van der Waals surface area contributed by atoms with Crippen LogP contribution in [0.5, 0.6) is 0 Å². The third kappa shape index (κ3) is 3.22. The molecule has 18 heavy (non-hydrogen) atoms. The van der Waals surface area contributed by atoms with E-state index in [4.69, 9.17) is 9.47 Å². The second kappa shape index (κ2) is 5.69. The zero-order valence-corrected chi connectivity index (χ0v) is 11.1. The van der Waals surface area contributed by atoms with Crippen molar-refractivity contribution in [1.29, 1.82) is 0 Å². The summed E-state index contributed by atoms with van der Waals surface area (Å²) < 4.78 is 10.3. The van der Waals surface area contributed by atoms with Gasteiger partial charge in [-0.1, -0.05) is 0 Å². The van der Waals surface area contributed by atoms with Crippen LogP contribution in [-0.4, -0.2) is 48.7 Å². The second-order valence-corrected chi connectivity index (χ2v) is 5.08. The average Bonchev–Trinajstić information content (AvgIpc) is 3.08. The van der Waals surface area contributed by atoms with Crippen molar-refractivity contribution in [3.63, 3.8) is 0 Å². The molecule has 1 heterocycles. The van der Waals surface area contributed by atoms with Gasteiger partial charge in [-0.05, 0) is 33.1 Å². The standard InChI is InChI=1S/C13H21NO4/c1-3-17-12(15)7-14(11-4-5-11)13(16)10-6-9(2)18-8-10/h9-11H,3-8H2,1-2H3. The van der Waals surface area contributed by atoms with Gasteiger partial charge >= 0.3 is 5.97 Å². The minimum Gasteiger partial charge on any atom is -0.465 e. The van der Waals surface area contributed by atoms with E-state index in [9.17, 15) is 9.59 Å². The van der Waals surface area contributed by atoms with Crippen LogP contribution in [0.2, 0.25) is 0 Å². The summed E-state index contributed by atoms with van der Waals surface area (Å²) in [6.45, 7) is 4.66. The van der Waals surface area contributed by atoms with Crippen molar-refractivity contribution in [3.05, 3.63) is 0 Å². The van der Waals surface area contributed by atoms with Crippen LogP contribution in [-0.2, 0) is 19.1 Å². The lowest BCUT2D eigenvalue weighted by Gasteiger charge is -2.24. The molecule has 0 N–H and O–H groups in total. The fourth-order valence-electron chi connectivity index (χ4n) is 2.34. The minimum atomic E-state index is -0.315. The first-order valence-corrected chi connectivity index (χ1v) is 6.69. The molecule has 2 atom stereocenters. The van der Waals surface area contributed by atoms with E-state index in [0.29, 0.717) is 13.2 Å². The molecule has 1 amide bonds. The molecular weight excluding hydrogens is 234 g/mol. The molecule has 0 aromatic heterocycles. The van der Waals surface area contributed by atoms with Gasteiger partial charge in [-0.25, -0.2) is 0 Å². The lowest BCUT2D eigenvalue weighted by molar-refractivity contribution is -0.150. The third-order valence-corrected chi connectivity index (χ3v) is 3.42. The molecule has 1 aliphatic heterocycles. The van der Waals surface area contributed by atoms with Gasteiger partial charge in [-0.2, -0.15) is 0 Å². The Balaban J connectivity index is 1.92. The molecule has 2 unspecified atom stereocenters. The van der Waals surface area contributed by atoms with Gasteiger partial charge in [0.25, 0.3) is 0 Å². The highest BCUT2D eigenvalue weighted by Crippen LogP contribution is 2.30. The summed E-state index contributed by atoms with van der Waals surface area (Å²) in [6.07, 6.45) is 2.88. The lowest BCUT2D eigenvalue weighted by atomic mass is 10.0. The number of esters is 1. The van der Waals surface area contributed by atoms with E-state index in [1.807, 2.05) is 6.92 Å². The first kappa shape index (κ1) is 13.3. The number of amides is 1. The van der Waals surface area contributed by atoms with Crippen molar-refractivity contribution in [2.24, 2.45) is 5.92 Å². The molecule has 2 rings (SSSR count). The Morgan fingerprint density at radius 2 is 2.11 bits per heavy atom. The normalized spacial score (nSPS) is 27.0. The fraction of sp³-hybridized carbons (Fsp3) is 0.846. The second-order valence-electron chi connectivity index (χ2n) is 5.08. The van der Waals surface area contributed by atoms with Gasteiger partial charge in [0.2, 0.25) is 5.91 Å². The summed E-state index contributed by atoms with van der Waals surface area (Å²) in [4.78, 5) is 25.6. The predicted molar refractivity (Wildman–Crippen MR) is 64.9 cm³/mol. The molecule has 0 spiro atoms. The van der Waals surface area contributed by atoms with Gasteiger partial charge < -0.3 is 14.4 Å². The zero-order chi connectivity index (χ0) is 13.1. The Morgan fingerprint density at radius 1 is 1.39 bits per heavy atom. The van der Waals surface area contributed by atoms with Gasteiger partial charge in [0.1, 0.15) is 6.54 Å². The summed E-state index contributed by atoms with van der Waals surface area (Å²) >= 11 is 0. The monoisotopic (exact) mass is 255 g/mol. The van der Waals surface area contributed by atoms with Crippen LogP contribution >= 0.6 is 0 Å². The topological polar surface area (TPSA) is 55.8 Å². The number of hydrogen-bond donors (Lipinski definition) is 0. The number of carbonyl (C=O) groups excluding carboxylic acids is 2. The van der Waals surface area contributed by atoms with Crippen LogP contribution in [0.15, 0.2) is 0 Å². The fourth-order valence-corrected chi connectivity index (χ4v) is 2.34. The molecule has 0 aromatic carbocycles. The minimum absolute atomic E-state index is 0.0508. The summed E-state index contributed by atoms with van der Waals surface area (Å²) in [5.41, 5.74) is 0. The first-order valence-electron chi connectivity index (χ1n) is 6.69. The Hall–Kier alpha value is -1.10. The molecule has 2 aliphatic rings. The van der Waals surface area contributed by atoms with E-state index in [2.05, 4.69) is 0 Å². The van der Waals surface area contributed by atoms with E-state index in [-0.39, 0.29) is 36.5 Å². The van der Waals surface area contributed by atoms with Gasteiger partial charge in [0.15, 0.2) is 0 Å². The van der Waals surface area contributed by atoms with Crippen LogP contribution in [0.3, 0.4) is 0 Å². The van der Waals surface area contributed by atoms with E-state index < -0.39 is 0 Å². The number of carbonyl (C=O) groups is 2. The predicted octanol–water partition coefficient (Wildman–Crippen LogP) is 0.965. The van der Waals surface area contributed by atoms with E-state index in [1.165, 1.54) is 0 Å². The van der Waals surface area contributed by atoms with Crippen LogP contribution < -0.4 is 0 Å². The molecule has 0 aromatic rings. The largest absolute Gasteiger partial charge is 0.465 e. The maximum Gasteiger partial charge on any atom is 0.325 e. The maximum absolute atomic E-state index is 12.4. The van der Waals surface area contributed by atoms with Gasteiger partial charge in [-0.15, -0.1) is 0 Å². The highest BCUT2D eigenvalue weighted by Gasteiger charge is 2.39. The Bertz CT molecular complexity index is 327. The average molecular weight is 255 g/mol. The van der Waals surface area contributed by atoms with Crippen molar-refractivity contribution in [1.82, 2.24) is 4.90 Å². The summed E-state index contributed by atoms with van der Waals surface area (Å²) in [5, 5.41) is 0. The highest BCUT2D eigenvalue weighted by molar-refractivity contribution is 5.84. The third-order valence-electron chi connectivity index (χ3n) is 3.42. The number of nitrogens with zero attached hydrogens (tertiary/aromatic N) is 1. The molecule has 0 radical (unpaired) electrons. The summed E-state index contributed by atoms with van der Waals surface area (Å²) in [5.74, 6) is -0.352. The Labute approximate surface area is 107 Å². The van der Waals surface area contributed by atoms with Crippen LogP contribution in [0.1, 0.15) is 33.1 Å². The smallest absolute Gasteiger partial charge is 0.325 e. The van der Waals surface area contributed by atoms with Crippen LogP contribution in [0.25, 0.3) is 0 Å². The van der Waals surface area contributed by atoms with Crippen LogP contribution in [0.4, 0.5) is 0 Å². The number of ether oxygens (including phenoxy) is 2. The maximum atomic E-state index is 12.4. The van der Waals surface area contributed by atoms with Crippen molar-refractivity contribution in [2.75, 3.05) is 19.8 Å². The van der Waals surface area contributed by atoms with Crippen molar-refractivity contribution in [2.45, 2.75) is 45.3 Å².